The van der Waals surface area contributed by atoms with E-state index in [0.29, 0.717) is 16.8 Å². The predicted molar refractivity (Wildman–Crippen MR) is 84.7 cm³/mol. The van der Waals surface area contributed by atoms with Crippen LogP contribution in [-0.2, 0) is 4.79 Å². The van der Waals surface area contributed by atoms with Crippen LogP contribution in [0.1, 0.15) is 25.7 Å². The lowest BCUT2D eigenvalue weighted by atomic mass is 10.0. The molecule has 3 rings (SSSR count). The molecule has 0 spiro atoms. The van der Waals surface area contributed by atoms with E-state index in [0.717, 1.165) is 25.0 Å². The minimum absolute atomic E-state index is 0.0257. The molecule has 0 unspecified atom stereocenters. The van der Waals surface area contributed by atoms with Crippen LogP contribution in [0.15, 0.2) is 11.6 Å². The van der Waals surface area contributed by atoms with Gasteiger partial charge >= 0.3 is 6.03 Å². The summed E-state index contributed by atoms with van der Waals surface area (Å²) in [5.74, 6) is 1.01. The third kappa shape index (κ3) is 3.68. The molecule has 2 saturated heterocycles. The molecule has 3 atom stereocenters. The van der Waals surface area contributed by atoms with Gasteiger partial charge in [-0.1, -0.05) is 6.42 Å². The molecule has 1 aromatic rings. The first kappa shape index (κ1) is 14.6. The topological polar surface area (TPSA) is 83.1 Å². The third-order valence-electron chi connectivity index (χ3n) is 3.76. The van der Waals surface area contributed by atoms with E-state index in [1.807, 2.05) is 17.1 Å². The fraction of sp³-hybridized carbons (Fsp3) is 0.615. The second-order valence-electron chi connectivity index (χ2n) is 5.25. The Hall–Kier alpha value is -1.28. The normalized spacial score (nSPS) is 27.0. The van der Waals surface area contributed by atoms with Crippen molar-refractivity contribution >= 4 is 40.2 Å². The molecule has 8 heteroatoms. The summed E-state index contributed by atoms with van der Waals surface area (Å²) in [6.45, 7) is 0. The van der Waals surface area contributed by atoms with E-state index in [-0.39, 0.29) is 24.0 Å². The highest BCUT2D eigenvalue weighted by atomic mass is 32.2. The average Bonchev–Trinajstić information content (AvgIpc) is 3.13. The number of nitrogens with one attached hydrogen (secondary N) is 3. The summed E-state index contributed by atoms with van der Waals surface area (Å²) < 4.78 is 0. The summed E-state index contributed by atoms with van der Waals surface area (Å²) in [7, 11) is 0. The maximum Gasteiger partial charge on any atom is 0.315 e. The molecule has 3 N–H and O–H groups in total. The summed E-state index contributed by atoms with van der Waals surface area (Å²) in [5.41, 5.74) is 0. The highest BCUT2D eigenvalue weighted by molar-refractivity contribution is 8.00. The van der Waals surface area contributed by atoms with Crippen LogP contribution in [0, 0.1) is 0 Å². The minimum atomic E-state index is -0.0434. The number of urea groups is 1. The standard InChI is InChI=1S/C13H18N4O2S2/c18-10(16-13-14-5-6-20-13)4-2-1-3-9-11-8(7-21-9)15-12(19)17-11/h5-6,8-9,11H,1-4,7H2,(H,14,16,18)(H2,15,17,19)/t8-,9+,11+/m1/s1. The zero-order valence-corrected chi connectivity index (χ0v) is 13.1. The molecule has 2 aliphatic heterocycles. The fourth-order valence-corrected chi connectivity index (χ4v) is 4.83. The van der Waals surface area contributed by atoms with E-state index < -0.39 is 0 Å². The Morgan fingerprint density at radius 3 is 3.14 bits per heavy atom. The zero-order valence-electron chi connectivity index (χ0n) is 11.5. The molecule has 3 amide bonds. The van der Waals surface area contributed by atoms with Gasteiger partial charge in [0.25, 0.3) is 0 Å². The van der Waals surface area contributed by atoms with Gasteiger partial charge in [0.1, 0.15) is 0 Å². The van der Waals surface area contributed by atoms with Gasteiger partial charge in [0.2, 0.25) is 5.91 Å². The number of anilines is 1. The number of unbranched alkanes of at least 4 members (excludes halogenated alkanes) is 1. The first-order chi connectivity index (χ1) is 10.2. The van der Waals surface area contributed by atoms with Crippen LogP contribution in [0.4, 0.5) is 9.93 Å². The Balaban J connectivity index is 1.33. The Morgan fingerprint density at radius 2 is 2.33 bits per heavy atom. The summed E-state index contributed by atoms with van der Waals surface area (Å²) >= 11 is 3.34. The quantitative estimate of drug-likeness (QED) is 0.550. The lowest BCUT2D eigenvalue weighted by molar-refractivity contribution is -0.116. The van der Waals surface area contributed by atoms with Gasteiger partial charge in [-0.15, -0.1) is 11.3 Å². The van der Waals surface area contributed by atoms with Gasteiger partial charge in [0.15, 0.2) is 5.13 Å². The predicted octanol–water partition coefficient (Wildman–Crippen LogP) is 1.81. The lowest BCUT2D eigenvalue weighted by Gasteiger charge is -2.16. The average molecular weight is 326 g/mol. The van der Waals surface area contributed by atoms with Crippen LogP contribution >= 0.6 is 23.1 Å². The highest BCUT2D eigenvalue weighted by Crippen LogP contribution is 2.33. The molecule has 2 aliphatic rings. The number of thiazole rings is 1. The lowest BCUT2D eigenvalue weighted by Crippen LogP contribution is -2.36. The van der Waals surface area contributed by atoms with Crippen LogP contribution in [0.2, 0.25) is 0 Å². The molecule has 0 aromatic carbocycles. The van der Waals surface area contributed by atoms with Crippen molar-refractivity contribution in [2.75, 3.05) is 11.1 Å². The van der Waals surface area contributed by atoms with E-state index in [1.54, 1.807) is 6.20 Å². The van der Waals surface area contributed by atoms with E-state index in [1.165, 1.54) is 11.3 Å². The smallest absolute Gasteiger partial charge is 0.315 e. The van der Waals surface area contributed by atoms with Crippen molar-refractivity contribution in [3.63, 3.8) is 0 Å². The zero-order chi connectivity index (χ0) is 14.7. The van der Waals surface area contributed by atoms with Crippen LogP contribution in [-0.4, -0.2) is 40.0 Å². The molecule has 0 saturated carbocycles. The van der Waals surface area contributed by atoms with Crippen molar-refractivity contribution in [3.8, 4) is 0 Å². The van der Waals surface area contributed by atoms with Gasteiger partial charge in [-0.25, -0.2) is 9.78 Å². The Morgan fingerprint density at radius 1 is 1.43 bits per heavy atom. The molecular weight excluding hydrogens is 308 g/mol. The summed E-state index contributed by atoms with van der Waals surface area (Å²) in [6.07, 6.45) is 5.11. The van der Waals surface area contributed by atoms with Crippen LogP contribution in [0.25, 0.3) is 0 Å². The first-order valence-corrected chi connectivity index (χ1v) is 9.03. The number of thioether (sulfide) groups is 1. The van der Waals surface area contributed by atoms with E-state index in [9.17, 15) is 9.59 Å². The van der Waals surface area contributed by atoms with Gasteiger partial charge in [-0.05, 0) is 12.8 Å². The van der Waals surface area contributed by atoms with Gasteiger partial charge in [0, 0.05) is 29.0 Å². The number of aromatic nitrogens is 1. The van der Waals surface area contributed by atoms with Crippen LogP contribution < -0.4 is 16.0 Å². The summed E-state index contributed by atoms with van der Waals surface area (Å²) in [4.78, 5) is 27.0. The van der Waals surface area contributed by atoms with Gasteiger partial charge in [-0.2, -0.15) is 11.8 Å². The van der Waals surface area contributed by atoms with Gasteiger partial charge in [-0.3, -0.25) is 4.79 Å². The van der Waals surface area contributed by atoms with E-state index >= 15 is 0 Å². The number of rotatable bonds is 6. The molecule has 114 valence electrons. The monoisotopic (exact) mass is 326 g/mol. The fourth-order valence-electron chi connectivity index (χ4n) is 2.74. The largest absolute Gasteiger partial charge is 0.332 e. The maximum absolute atomic E-state index is 11.7. The van der Waals surface area contributed by atoms with Crippen molar-refractivity contribution in [2.24, 2.45) is 0 Å². The molecule has 1 aromatic heterocycles. The van der Waals surface area contributed by atoms with E-state index in [4.69, 9.17) is 0 Å². The van der Waals surface area contributed by atoms with Crippen molar-refractivity contribution in [3.05, 3.63) is 11.6 Å². The second-order valence-corrected chi connectivity index (χ2v) is 7.42. The van der Waals surface area contributed by atoms with Crippen LogP contribution in [0.5, 0.6) is 0 Å². The number of amides is 3. The van der Waals surface area contributed by atoms with Crippen molar-refractivity contribution in [1.82, 2.24) is 15.6 Å². The number of nitrogens with zero attached hydrogens (tertiary/aromatic N) is 1. The number of hydrogen-bond donors (Lipinski definition) is 3. The number of carbonyl (C=O) groups is 2. The first-order valence-electron chi connectivity index (χ1n) is 7.10. The molecular formula is C13H18N4O2S2. The Kier molecular flexibility index (Phi) is 4.64. The molecule has 6 nitrogen and oxygen atoms in total. The third-order valence-corrected chi connectivity index (χ3v) is 5.96. The van der Waals surface area contributed by atoms with Crippen molar-refractivity contribution < 1.29 is 9.59 Å². The minimum Gasteiger partial charge on any atom is -0.332 e. The summed E-state index contributed by atoms with van der Waals surface area (Å²) in [5, 5.41) is 11.7. The molecule has 21 heavy (non-hydrogen) atoms. The number of hydrogen-bond acceptors (Lipinski definition) is 5. The summed E-state index contributed by atoms with van der Waals surface area (Å²) in [6, 6.07) is 0.491. The number of fused-ring (bicyclic) bond motifs is 1. The van der Waals surface area contributed by atoms with Crippen molar-refractivity contribution in [1.29, 1.82) is 0 Å². The Bertz CT molecular complexity index is 508. The maximum atomic E-state index is 11.7. The molecule has 0 aliphatic carbocycles. The second kappa shape index (κ2) is 6.65. The molecule has 0 radical (unpaired) electrons. The van der Waals surface area contributed by atoms with Crippen molar-refractivity contribution in [2.45, 2.75) is 43.0 Å². The SMILES string of the molecule is O=C(CCCC[C@@H]1SC[C@H]2NC(=O)N[C@H]12)Nc1nccs1. The van der Waals surface area contributed by atoms with Gasteiger partial charge < -0.3 is 16.0 Å². The Labute approximate surface area is 131 Å². The molecule has 3 heterocycles. The number of carbonyl (C=O) groups excluding carboxylic acids is 2. The van der Waals surface area contributed by atoms with E-state index in [2.05, 4.69) is 20.9 Å². The molecule has 2 fully saturated rings. The highest BCUT2D eigenvalue weighted by Gasteiger charge is 2.42. The molecule has 0 bridgehead atoms. The van der Waals surface area contributed by atoms with Crippen LogP contribution in [0.3, 0.4) is 0 Å². The van der Waals surface area contributed by atoms with Gasteiger partial charge in [0.05, 0.1) is 12.1 Å².